The van der Waals surface area contributed by atoms with Gasteiger partial charge in [-0.3, -0.25) is 9.59 Å². The van der Waals surface area contributed by atoms with E-state index in [1.807, 2.05) is 36.4 Å². The van der Waals surface area contributed by atoms with Gasteiger partial charge in [0.25, 0.3) is 5.91 Å². The van der Waals surface area contributed by atoms with Crippen molar-refractivity contribution in [1.82, 2.24) is 5.32 Å². The van der Waals surface area contributed by atoms with Crippen LogP contribution in [0.25, 0.3) is 0 Å². The molecule has 0 saturated heterocycles. The molecule has 0 radical (unpaired) electrons. The van der Waals surface area contributed by atoms with Crippen molar-refractivity contribution < 1.29 is 14.3 Å². The van der Waals surface area contributed by atoms with Gasteiger partial charge in [-0.05, 0) is 35.1 Å². The lowest BCUT2D eigenvalue weighted by Crippen LogP contribution is -2.36. The average molecular weight is 368 g/mol. The van der Waals surface area contributed by atoms with Crippen molar-refractivity contribution in [3.8, 4) is 5.75 Å². The van der Waals surface area contributed by atoms with Crippen LogP contribution in [0.4, 0.5) is 5.69 Å². The first kappa shape index (κ1) is 20.5. The molecule has 2 aromatic carbocycles. The number of para-hydroxylation sites is 2. The third kappa shape index (κ3) is 6.13. The lowest BCUT2D eigenvalue weighted by atomic mass is 9.92. The summed E-state index contributed by atoms with van der Waals surface area (Å²) >= 11 is 0. The van der Waals surface area contributed by atoms with Gasteiger partial charge in [-0.25, -0.2) is 0 Å². The monoisotopic (exact) mass is 368 g/mol. The molecule has 0 aliphatic heterocycles. The molecule has 0 atom stereocenters. The van der Waals surface area contributed by atoms with Crippen molar-refractivity contribution in [2.45, 2.75) is 39.5 Å². The highest BCUT2D eigenvalue weighted by atomic mass is 16.5. The zero-order chi connectivity index (χ0) is 19.8. The van der Waals surface area contributed by atoms with Gasteiger partial charge in [-0.15, -0.1) is 0 Å². The van der Waals surface area contributed by atoms with E-state index in [2.05, 4.69) is 38.3 Å². The zero-order valence-electron chi connectivity index (χ0n) is 16.4. The van der Waals surface area contributed by atoms with E-state index in [4.69, 9.17) is 4.74 Å². The summed E-state index contributed by atoms with van der Waals surface area (Å²) in [6.07, 6.45) is 0. The third-order valence-corrected chi connectivity index (χ3v) is 4.20. The van der Waals surface area contributed by atoms with Crippen LogP contribution in [0.15, 0.2) is 48.5 Å². The van der Waals surface area contributed by atoms with Crippen molar-refractivity contribution in [3.63, 3.8) is 0 Å². The van der Waals surface area contributed by atoms with E-state index in [9.17, 15) is 9.59 Å². The second kappa shape index (κ2) is 9.76. The smallest absolute Gasteiger partial charge is 0.258 e. The number of hydrogen-bond donors (Lipinski definition) is 2. The first-order valence-electron chi connectivity index (χ1n) is 9.25. The highest BCUT2D eigenvalue weighted by Gasteiger charge is 2.16. The van der Waals surface area contributed by atoms with E-state index in [0.717, 1.165) is 16.8 Å². The first-order valence-corrected chi connectivity index (χ1v) is 9.25. The number of benzene rings is 2. The SMILES string of the molecule is CC(C)c1cccc(C(C)C)c1NC(=O)CNC(=O)COc1ccccc1. The topological polar surface area (TPSA) is 67.4 Å². The number of carbonyl (C=O) groups is 2. The van der Waals surface area contributed by atoms with E-state index in [1.165, 1.54) is 0 Å². The van der Waals surface area contributed by atoms with Crippen LogP contribution >= 0.6 is 0 Å². The van der Waals surface area contributed by atoms with Gasteiger partial charge >= 0.3 is 0 Å². The molecular weight excluding hydrogens is 340 g/mol. The maximum atomic E-state index is 12.4. The Bertz CT molecular complexity index is 744. The molecule has 5 heteroatoms. The lowest BCUT2D eigenvalue weighted by Gasteiger charge is -2.20. The van der Waals surface area contributed by atoms with Crippen LogP contribution in [-0.2, 0) is 9.59 Å². The van der Waals surface area contributed by atoms with E-state index < -0.39 is 0 Å². The van der Waals surface area contributed by atoms with Crippen LogP contribution in [0.1, 0.15) is 50.7 Å². The third-order valence-electron chi connectivity index (χ3n) is 4.20. The number of amides is 2. The fourth-order valence-electron chi connectivity index (χ4n) is 2.77. The molecule has 0 bridgehead atoms. The Morgan fingerprint density at radius 3 is 2.00 bits per heavy atom. The number of carbonyl (C=O) groups excluding carboxylic acids is 2. The molecule has 2 amide bonds. The molecule has 0 aliphatic rings. The summed E-state index contributed by atoms with van der Waals surface area (Å²) < 4.78 is 5.38. The lowest BCUT2D eigenvalue weighted by molar-refractivity contribution is -0.125. The van der Waals surface area contributed by atoms with Gasteiger partial charge in [0.2, 0.25) is 5.91 Å². The molecule has 0 aromatic heterocycles. The van der Waals surface area contributed by atoms with Gasteiger partial charge in [0.15, 0.2) is 6.61 Å². The summed E-state index contributed by atoms with van der Waals surface area (Å²) in [4.78, 5) is 24.3. The largest absolute Gasteiger partial charge is 0.484 e. The minimum Gasteiger partial charge on any atom is -0.484 e. The van der Waals surface area contributed by atoms with Gasteiger partial charge in [0.1, 0.15) is 5.75 Å². The number of anilines is 1. The Morgan fingerprint density at radius 2 is 1.44 bits per heavy atom. The minimum absolute atomic E-state index is 0.0963. The molecule has 27 heavy (non-hydrogen) atoms. The van der Waals surface area contributed by atoms with Crippen LogP contribution in [0, 0.1) is 0 Å². The molecule has 2 rings (SSSR count). The standard InChI is InChI=1S/C22H28N2O3/c1-15(2)18-11-8-12-19(16(3)4)22(18)24-20(25)13-23-21(26)14-27-17-9-6-5-7-10-17/h5-12,15-16H,13-14H2,1-4H3,(H,23,26)(H,24,25). The summed E-state index contributed by atoms with van der Waals surface area (Å²) in [7, 11) is 0. The van der Waals surface area contributed by atoms with Gasteiger partial charge in [-0.2, -0.15) is 0 Å². The maximum absolute atomic E-state index is 12.4. The quantitative estimate of drug-likeness (QED) is 0.738. The van der Waals surface area contributed by atoms with Crippen molar-refractivity contribution in [1.29, 1.82) is 0 Å². The minimum atomic E-state index is -0.338. The Kier molecular flexibility index (Phi) is 7.41. The Labute approximate surface area is 161 Å². The molecule has 144 valence electrons. The molecule has 0 aliphatic carbocycles. The fraction of sp³-hybridized carbons (Fsp3) is 0.364. The highest BCUT2D eigenvalue weighted by molar-refractivity contribution is 5.96. The van der Waals surface area contributed by atoms with Gasteiger partial charge < -0.3 is 15.4 Å². The molecule has 0 fully saturated rings. The predicted octanol–water partition coefficient (Wildman–Crippen LogP) is 4.07. The number of rotatable bonds is 8. The molecule has 0 saturated carbocycles. The fourth-order valence-corrected chi connectivity index (χ4v) is 2.77. The van der Waals surface area contributed by atoms with Gasteiger partial charge in [0, 0.05) is 5.69 Å². The normalized spacial score (nSPS) is 10.7. The predicted molar refractivity (Wildman–Crippen MR) is 108 cm³/mol. The van der Waals surface area contributed by atoms with E-state index in [-0.39, 0.29) is 36.8 Å². The van der Waals surface area contributed by atoms with E-state index in [0.29, 0.717) is 5.75 Å². The first-order chi connectivity index (χ1) is 12.9. The van der Waals surface area contributed by atoms with E-state index in [1.54, 1.807) is 12.1 Å². The average Bonchev–Trinajstić information content (AvgIpc) is 2.65. The number of hydrogen-bond acceptors (Lipinski definition) is 3. The number of nitrogens with one attached hydrogen (secondary N) is 2. The van der Waals surface area contributed by atoms with Crippen molar-refractivity contribution in [2.24, 2.45) is 0 Å². The van der Waals surface area contributed by atoms with Gasteiger partial charge in [-0.1, -0.05) is 64.1 Å². The van der Waals surface area contributed by atoms with Gasteiger partial charge in [0.05, 0.1) is 6.54 Å². The summed E-state index contributed by atoms with van der Waals surface area (Å²) in [5.74, 6) is 0.596. The maximum Gasteiger partial charge on any atom is 0.258 e. The summed E-state index contributed by atoms with van der Waals surface area (Å²) in [5.41, 5.74) is 3.03. The molecule has 2 aromatic rings. The van der Waals surface area contributed by atoms with E-state index >= 15 is 0 Å². The van der Waals surface area contributed by atoms with Crippen LogP contribution in [0.2, 0.25) is 0 Å². The summed E-state index contributed by atoms with van der Waals surface area (Å²) in [6, 6.07) is 15.2. The summed E-state index contributed by atoms with van der Waals surface area (Å²) in [5, 5.41) is 5.57. The van der Waals surface area contributed by atoms with Crippen molar-refractivity contribution in [2.75, 3.05) is 18.5 Å². The van der Waals surface area contributed by atoms with Crippen LogP contribution in [0.5, 0.6) is 5.75 Å². The highest BCUT2D eigenvalue weighted by Crippen LogP contribution is 2.32. The Hall–Kier alpha value is -2.82. The van der Waals surface area contributed by atoms with Crippen molar-refractivity contribution in [3.05, 3.63) is 59.7 Å². The van der Waals surface area contributed by atoms with Crippen LogP contribution in [-0.4, -0.2) is 25.0 Å². The molecule has 0 spiro atoms. The Balaban J connectivity index is 1.93. The molecule has 0 heterocycles. The van der Waals surface area contributed by atoms with Crippen LogP contribution < -0.4 is 15.4 Å². The summed E-state index contributed by atoms with van der Waals surface area (Å²) in [6.45, 7) is 8.16. The Morgan fingerprint density at radius 1 is 0.852 bits per heavy atom. The van der Waals surface area contributed by atoms with Crippen molar-refractivity contribution >= 4 is 17.5 Å². The molecule has 2 N–H and O–H groups in total. The molecule has 0 unspecified atom stereocenters. The second-order valence-electron chi connectivity index (χ2n) is 7.05. The molecular formula is C22H28N2O3. The second-order valence-corrected chi connectivity index (χ2v) is 7.05. The zero-order valence-corrected chi connectivity index (χ0v) is 16.4. The molecule has 5 nitrogen and oxygen atoms in total. The van der Waals surface area contributed by atoms with Crippen LogP contribution in [0.3, 0.4) is 0 Å². The number of ether oxygens (including phenoxy) is 1.